The molecule has 6 aromatic heterocycles. The van der Waals surface area contributed by atoms with E-state index in [0.717, 1.165) is 98.6 Å². The van der Waals surface area contributed by atoms with E-state index in [1.165, 1.54) is 17.2 Å². The van der Waals surface area contributed by atoms with Crippen molar-refractivity contribution in [2.45, 2.75) is 81.2 Å². The van der Waals surface area contributed by atoms with Crippen LogP contribution in [0, 0.1) is 54.3 Å². The van der Waals surface area contributed by atoms with E-state index in [-0.39, 0.29) is 5.82 Å². The van der Waals surface area contributed by atoms with E-state index < -0.39 is 0 Å². The van der Waals surface area contributed by atoms with Crippen molar-refractivity contribution in [2.75, 3.05) is 81.9 Å². The molecule has 0 amide bonds. The smallest absolute Gasteiger partial charge is 0.248 e. The average Bonchev–Trinajstić information content (AvgIpc) is 3.28. The number of aromatic nitrogens is 8. The number of pyridine rings is 4. The number of nitrogen functional groups attached to an aromatic ring is 2. The minimum absolute atomic E-state index is 0.155. The molecule has 6 heterocycles. The molecule has 17 nitrogen and oxygen atoms in total. The number of nitrogens with two attached hydrogens (primary N) is 2. The molecule has 0 aliphatic rings. The Morgan fingerprint density at radius 3 is 1.50 bits per heavy atom. The van der Waals surface area contributed by atoms with Gasteiger partial charge in [-0.15, -0.1) is 0 Å². The second-order valence-electron chi connectivity index (χ2n) is 19.1. The van der Waals surface area contributed by atoms with E-state index in [9.17, 15) is 9.60 Å². The van der Waals surface area contributed by atoms with Gasteiger partial charge in [0.25, 0.3) is 0 Å². The van der Waals surface area contributed by atoms with Gasteiger partial charge in [-0.1, -0.05) is 6.07 Å². The second-order valence-corrected chi connectivity index (χ2v) is 19.1. The topological polar surface area (TPSA) is 194 Å². The molecule has 0 saturated heterocycles. The van der Waals surface area contributed by atoms with Gasteiger partial charge < -0.3 is 31.1 Å². The van der Waals surface area contributed by atoms with Crippen LogP contribution >= 0.6 is 0 Å². The van der Waals surface area contributed by atoms with E-state index in [0.29, 0.717) is 11.8 Å². The SMILES string of the molecule is Cc1cc[n+](O)c(CN(C)C)c1.Cc1cc[n+](O)cc1CN(C)C.Cc1ccc(F)cc1CN(C)C.Cc1ccnc(CN(C)C)c1.Cc1ccnc(CN(C)C)n1.Cc1ccnc(N)c1.Cc1ccnc(N)n1. The van der Waals surface area contributed by atoms with Crippen LogP contribution in [0.5, 0.6) is 0 Å². The van der Waals surface area contributed by atoms with Gasteiger partial charge in [-0.25, -0.2) is 29.3 Å². The third-order valence-electron chi connectivity index (χ3n) is 9.70. The number of aryl methyl sites for hydroxylation is 7. The van der Waals surface area contributed by atoms with Crippen molar-refractivity contribution in [2.24, 2.45) is 0 Å². The highest BCUT2D eigenvalue weighted by atomic mass is 19.1. The quantitative estimate of drug-likeness (QED) is 0.0808. The largest absolute Gasteiger partial charge is 0.384 e. The van der Waals surface area contributed by atoms with Gasteiger partial charge in [0.05, 0.1) is 18.8 Å². The predicted octanol–water partition coefficient (Wildman–Crippen LogP) is 7.00. The van der Waals surface area contributed by atoms with E-state index >= 15 is 0 Å². The zero-order valence-electron chi connectivity index (χ0n) is 47.2. The lowest BCUT2D eigenvalue weighted by Crippen LogP contribution is -2.37. The maximum absolute atomic E-state index is 12.8. The molecule has 0 saturated carbocycles. The van der Waals surface area contributed by atoms with Crippen LogP contribution < -0.4 is 20.9 Å². The van der Waals surface area contributed by atoms with Gasteiger partial charge in [-0.05, 0) is 201 Å². The number of rotatable bonds is 10. The fourth-order valence-corrected chi connectivity index (χ4v) is 6.26. The van der Waals surface area contributed by atoms with Crippen molar-refractivity contribution in [3.8, 4) is 0 Å². The van der Waals surface area contributed by atoms with Crippen LogP contribution in [0.4, 0.5) is 16.2 Å². The van der Waals surface area contributed by atoms with E-state index in [2.05, 4.69) is 57.6 Å². The summed E-state index contributed by atoms with van der Waals surface area (Å²) in [4.78, 5) is 34.3. The van der Waals surface area contributed by atoms with Gasteiger partial charge in [-0.2, -0.15) is 0 Å². The van der Waals surface area contributed by atoms with Gasteiger partial charge in [-0.3, -0.25) is 20.3 Å². The fourth-order valence-electron chi connectivity index (χ4n) is 6.26. The number of halogens is 1. The summed E-state index contributed by atoms with van der Waals surface area (Å²) >= 11 is 0. The second kappa shape index (κ2) is 35.1. The van der Waals surface area contributed by atoms with E-state index in [4.69, 9.17) is 16.7 Å². The van der Waals surface area contributed by atoms with Crippen LogP contribution in [0.15, 0.2) is 116 Å². The predicted molar refractivity (Wildman–Crippen MR) is 296 cm³/mol. The number of benzene rings is 1. The molecule has 0 spiro atoms. The molecule has 7 aromatic rings. The first-order chi connectivity index (χ1) is 34.7. The minimum Gasteiger partial charge on any atom is -0.384 e. The first kappa shape index (κ1) is 64.9. The zero-order chi connectivity index (χ0) is 55.9. The Morgan fingerprint density at radius 1 is 0.486 bits per heavy atom. The van der Waals surface area contributed by atoms with Crippen molar-refractivity contribution in [1.29, 1.82) is 0 Å². The number of hydrogen-bond acceptors (Lipinski definition) is 15. The van der Waals surface area contributed by atoms with Crippen LogP contribution in [0.25, 0.3) is 0 Å². The maximum Gasteiger partial charge on any atom is 0.248 e. The van der Waals surface area contributed by atoms with Crippen LogP contribution in [-0.4, -0.2) is 135 Å². The van der Waals surface area contributed by atoms with E-state index in [1.807, 2.05) is 177 Å². The van der Waals surface area contributed by atoms with Crippen LogP contribution in [0.1, 0.15) is 67.5 Å². The summed E-state index contributed by atoms with van der Waals surface area (Å²) < 4.78 is 15.0. The highest BCUT2D eigenvalue weighted by molar-refractivity contribution is 5.30. The van der Waals surface area contributed by atoms with Crippen molar-refractivity contribution >= 4 is 11.8 Å². The molecular formula is C56H86FN15O2+2. The zero-order valence-corrected chi connectivity index (χ0v) is 47.2. The molecule has 0 atom stereocenters. The maximum atomic E-state index is 12.8. The van der Waals surface area contributed by atoms with Gasteiger partial charge >= 0.3 is 0 Å². The molecule has 0 aliphatic carbocycles. The molecule has 0 unspecified atom stereocenters. The third kappa shape index (κ3) is 31.4. The van der Waals surface area contributed by atoms with Gasteiger partial charge in [0.15, 0.2) is 0 Å². The van der Waals surface area contributed by atoms with Crippen LogP contribution in [0.3, 0.4) is 0 Å². The molecule has 0 aliphatic heterocycles. The van der Waals surface area contributed by atoms with Crippen molar-refractivity contribution in [1.82, 2.24) is 54.4 Å². The monoisotopic (exact) mass is 1020 g/mol. The van der Waals surface area contributed by atoms with Crippen LogP contribution in [0.2, 0.25) is 0 Å². The summed E-state index contributed by atoms with van der Waals surface area (Å²) in [6.07, 6.45) is 12.0. The Bertz CT molecular complexity index is 2400. The van der Waals surface area contributed by atoms with Gasteiger partial charge in [0.2, 0.25) is 30.2 Å². The molecule has 0 fully saturated rings. The Morgan fingerprint density at radius 2 is 1.00 bits per heavy atom. The van der Waals surface area contributed by atoms with Gasteiger partial charge in [0, 0.05) is 89.0 Å². The van der Waals surface area contributed by atoms with Crippen LogP contribution in [-0.2, 0) is 32.7 Å². The molecule has 402 valence electrons. The average molecular weight is 1020 g/mol. The highest BCUT2D eigenvalue weighted by Gasteiger charge is 2.10. The third-order valence-corrected chi connectivity index (χ3v) is 9.70. The Balaban J connectivity index is 0.000000434. The Labute approximate surface area is 441 Å². The first-order valence-corrected chi connectivity index (χ1v) is 24.0. The van der Waals surface area contributed by atoms with Crippen molar-refractivity contribution in [3.63, 3.8) is 0 Å². The summed E-state index contributed by atoms with van der Waals surface area (Å²) in [5.41, 5.74) is 22.7. The number of nitrogens with zero attached hydrogens (tertiary/aromatic N) is 13. The molecule has 74 heavy (non-hydrogen) atoms. The molecule has 7 rings (SSSR count). The summed E-state index contributed by atoms with van der Waals surface area (Å²) in [5.74, 6) is 1.66. The van der Waals surface area contributed by atoms with Crippen molar-refractivity contribution < 1.29 is 24.3 Å². The minimum atomic E-state index is -0.155. The first-order valence-electron chi connectivity index (χ1n) is 24.0. The molecule has 18 heteroatoms. The summed E-state index contributed by atoms with van der Waals surface area (Å²) in [5, 5.41) is 18.5. The molecule has 1 aromatic carbocycles. The Kier molecular flexibility index (Phi) is 30.8. The molecule has 0 bridgehead atoms. The van der Waals surface area contributed by atoms with Crippen molar-refractivity contribution in [3.05, 3.63) is 190 Å². The summed E-state index contributed by atoms with van der Waals surface area (Å²) in [7, 11) is 20.0. The Hall–Kier alpha value is -7.09. The fraction of sp³-hybridized carbons (Fsp3) is 0.393. The summed E-state index contributed by atoms with van der Waals surface area (Å²) in [6, 6.07) is 22.2. The lowest BCUT2D eigenvalue weighted by molar-refractivity contribution is -0.910. The van der Waals surface area contributed by atoms with Gasteiger partial charge in [0.1, 0.15) is 17.5 Å². The number of anilines is 2. The molecular weight excluding hydrogens is 934 g/mol. The standard InChI is InChI=1S/C10H14FN.2C9H15N2O.C9H14N2.C8H13N3.C6H8N2.C5H7N3/c1-8-4-5-10(11)6-9(8)7-12(2)3;1-8-4-5-11(12)7-9(8)6-10(2)3;1-8-4-5-11(12)9(6-8)7-10(2)3;1-8-4-5-10-9(6-8)7-11(2)3;1-7-4-5-9-8(10-7)6-11(2)3;1-5-2-3-8-6(7)4-5;1-4-2-3-7-5(6)8-4/h4-6H,7H2,1-3H3;4-5,7,12H,6H2,1-3H3;4-6,12H,7H2,1-3H3;4-6H,7H2,1-3H3;4-5H,6H2,1-3H3;2-4H,1H3,(H2,7,8);2-3H,1H3,(H2,6,7,8)/q;2*+1;;;;. The summed E-state index contributed by atoms with van der Waals surface area (Å²) in [6.45, 7) is 18.1. The van der Waals surface area contributed by atoms with E-state index in [1.54, 1.807) is 49.3 Å². The highest BCUT2D eigenvalue weighted by Crippen LogP contribution is 2.11. The lowest BCUT2D eigenvalue weighted by atomic mass is 10.1. The molecule has 6 N–H and O–H groups in total. The lowest BCUT2D eigenvalue weighted by Gasteiger charge is -2.11. The number of hydrogen-bond donors (Lipinski definition) is 4. The molecule has 0 radical (unpaired) electrons. The normalized spacial score (nSPS) is 10.3.